The molecule has 6 heteroatoms. The van der Waals surface area contributed by atoms with Gasteiger partial charge >= 0.3 is 0 Å². The SMILES string of the molecule is CC1CCc2sc(C(=O)N3CCCC(c4nnc5n4CCCCC5)C3)cc2C1. The summed E-state index contributed by atoms with van der Waals surface area (Å²) in [6, 6.07) is 2.19. The molecule has 0 aromatic carbocycles. The van der Waals surface area contributed by atoms with Crippen LogP contribution in [0, 0.1) is 5.92 Å². The molecule has 150 valence electrons. The third-order valence-corrected chi connectivity index (χ3v) is 7.98. The maximum atomic E-state index is 13.3. The van der Waals surface area contributed by atoms with Crippen LogP contribution in [0.1, 0.15) is 83.1 Å². The predicted molar refractivity (Wildman–Crippen MR) is 111 cm³/mol. The van der Waals surface area contributed by atoms with Gasteiger partial charge in [0.2, 0.25) is 0 Å². The van der Waals surface area contributed by atoms with Crippen molar-refractivity contribution in [1.29, 1.82) is 0 Å². The molecule has 2 aromatic rings. The first-order valence-electron chi connectivity index (χ1n) is 11.0. The molecule has 1 saturated heterocycles. The molecule has 3 aliphatic rings. The summed E-state index contributed by atoms with van der Waals surface area (Å²) in [5, 5.41) is 9.05. The highest BCUT2D eigenvalue weighted by Gasteiger charge is 2.31. The lowest BCUT2D eigenvalue weighted by Gasteiger charge is -2.32. The van der Waals surface area contributed by atoms with E-state index in [1.54, 1.807) is 11.3 Å². The van der Waals surface area contributed by atoms with Gasteiger partial charge in [0.25, 0.3) is 5.91 Å². The highest BCUT2D eigenvalue weighted by molar-refractivity contribution is 7.14. The predicted octanol–water partition coefficient (Wildman–Crippen LogP) is 4.21. The molecule has 0 bridgehead atoms. The van der Waals surface area contributed by atoms with Gasteiger partial charge in [-0.1, -0.05) is 13.3 Å². The van der Waals surface area contributed by atoms with Gasteiger partial charge in [0.1, 0.15) is 11.6 Å². The molecule has 5 nitrogen and oxygen atoms in total. The zero-order valence-electron chi connectivity index (χ0n) is 16.8. The third-order valence-electron chi connectivity index (χ3n) is 6.75. The van der Waals surface area contributed by atoms with Crippen LogP contribution in [-0.2, 0) is 25.8 Å². The summed E-state index contributed by atoms with van der Waals surface area (Å²) < 4.78 is 2.36. The fourth-order valence-electron chi connectivity index (χ4n) is 5.15. The van der Waals surface area contributed by atoms with Crippen LogP contribution < -0.4 is 0 Å². The Bertz CT molecular complexity index is 870. The lowest BCUT2D eigenvalue weighted by molar-refractivity contribution is 0.0708. The van der Waals surface area contributed by atoms with Crippen LogP contribution in [0.5, 0.6) is 0 Å². The van der Waals surface area contributed by atoms with E-state index in [0.717, 1.165) is 74.2 Å². The van der Waals surface area contributed by atoms with Crippen LogP contribution in [0.2, 0.25) is 0 Å². The molecular weight excluding hydrogens is 368 g/mol. The van der Waals surface area contributed by atoms with Crippen LogP contribution in [-0.4, -0.2) is 38.7 Å². The Hall–Kier alpha value is -1.69. The van der Waals surface area contributed by atoms with Gasteiger partial charge in [-0.15, -0.1) is 21.5 Å². The summed E-state index contributed by atoms with van der Waals surface area (Å²) in [5.74, 6) is 3.57. The molecular formula is C22H30N4OS. The standard InChI is InChI=1S/C22H30N4OS/c1-15-8-9-18-17(12-15)13-19(28-18)22(27)25-10-5-6-16(14-25)21-24-23-20-7-3-2-4-11-26(20)21/h13,15-16H,2-12,14H2,1H3. The molecule has 4 heterocycles. The van der Waals surface area contributed by atoms with E-state index in [0.29, 0.717) is 5.92 Å². The van der Waals surface area contributed by atoms with Crippen LogP contribution in [0.15, 0.2) is 6.07 Å². The highest BCUT2D eigenvalue weighted by Crippen LogP contribution is 2.34. The van der Waals surface area contributed by atoms with Crippen molar-refractivity contribution in [3.05, 3.63) is 33.0 Å². The van der Waals surface area contributed by atoms with E-state index in [-0.39, 0.29) is 5.91 Å². The molecule has 5 rings (SSSR count). The van der Waals surface area contributed by atoms with Crippen molar-refractivity contribution < 1.29 is 4.79 Å². The second-order valence-electron chi connectivity index (χ2n) is 8.93. The van der Waals surface area contributed by atoms with Crippen molar-refractivity contribution >= 4 is 17.2 Å². The number of piperidine rings is 1. The van der Waals surface area contributed by atoms with Gasteiger partial charge in [-0.05, 0) is 62.5 Å². The number of hydrogen-bond donors (Lipinski definition) is 0. The van der Waals surface area contributed by atoms with E-state index in [4.69, 9.17) is 0 Å². The normalized spacial score (nSPS) is 25.1. The van der Waals surface area contributed by atoms with E-state index in [2.05, 4.69) is 32.7 Å². The molecule has 2 atom stereocenters. The number of amides is 1. The summed E-state index contributed by atoms with van der Waals surface area (Å²) >= 11 is 1.74. The number of fused-ring (bicyclic) bond motifs is 2. The molecule has 2 unspecified atom stereocenters. The number of carbonyl (C=O) groups excluding carboxylic acids is 1. The van der Waals surface area contributed by atoms with Crippen molar-refractivity contribution in [1.82, 2.24) is 19.7 Å². The molecule has 2 aromatic heterocycles. The number of hydrogen-bond acceptors (Lipinski definition) is 4. The van der Waals surface area contributed by atoms with Gasteiger partial charge in [0.15, 0.2) is 0 Å². The molecule has 28 heavy (non-hydrogen) atoms. The minimum absolute atomic E-state index is 0.229. The summed E-state index contributed by atoms with van der Waals surface area (Å²) in [6.45, 7) is 5.02. The Kier molecular flexibility index (Phi) is 4.99. The van der Waals surface area contributed by atoms with Gasteiger partial charge in [0.05, 0.1) is 4.88 Å². The van der Waals surface area contributed by atoms with Crippen LogP contribution >= 0.6 is 11.3 Å². The fraction of sp³-hybridized carbons (Fsp3) is 0.682. The molecule has 1 aliphatic carbocycles. The minimum atomic E-state index is 0.229. The van der Waals surface area contributed by atoms with Crippen molar-refractivity contribution in [2.24, 2.45) is 5.92 Å². The number of aromatic nitrogens is 3. The zero-order chi connectivity index (χ0) is 19.1. The first kappa shape index (κ1) is 18.3. The number of likely N-dealkylation sites (tertiary alicyclic amines) is 1. The lowest BCUT2D eigenvalue weighted by atomic mass is 9.90. The van der Waals surface area contributed by atoms with Gasteiger partial charge in [0, 0.05) is 36.9 Å². The zero-order valence-corrected chi connectivity index (χ0v) is 17.6. The van der Waals surface area contributed by atoms with Crippen LogP contribution in [0.25, 0.3) is 0 Å². The first-order chi connectivity index (χ1) is 13.7. The summed E-state index contributed by atoms with van der Waals surface area (Å²) in [4.78, 5) is 17.7. The van der Waals surface area contributed by atoms with Crippen molar-refractivity contribution in [3.8, 4) is 0 Å². The second-order valence-corrected chi connectivity index (χ2v) is 10.1. The maximum Gasteiger partial charge on any atom is 0.263 e. The Labute approximate surface area is 171 Å². The van der Waals surface area contributed by atoms with Gasteiger partial charge < -0.3 is 9.47 Å². The van der Waals surface area contributed by atoms with Crippen LogP contribution in [0.4, 0.5) is 0 Å². The van der Waals surface area contributed by atoms with Crippen molar-refractivity contribution in [3.63, 3.8) is 0 Å². The smallest absolute Gasteiger partial charge is 0.263 e. The topological polar surface area (TPSA) is 51.0 Å². The molecule has 0 N–H and O–H groups in total. The van der Waals surface area contributed by atoms with E-state index in [1.807, 2.05) is 0 Å². The number of aryl methyl sites for hydroxylation is 2. The molecule has 1 fully saturated rings. The fourth-order valence-corrected chi connectivity index (χ4v) is 6.33. The summed E-state index contributed by atoms with van der Waals surface area (Å²) in [5.41, 5.74) is 1.42. The van der Waals surface area contributed by atoms with Gasteiger partial charge in [-0.3, -0.25) is 4.79 Å². The number of thiophene rings is 1. The first-order valence-corrected chi connectivity index (χ1v) is 11.8. The summed E-state index contributed by atoms with van der Waals surface area (Å²) in [6.07, 6.45) is 10.4. The molecule has 0 radical (unpaired) electrons. The van der Waals surface area contributed by atoms with E-state index in [9.17, 15) is 4.79 Å². The van der Waals surface area contributed by atoms with E-state index < -0.39 is 0 Å². The van der Waals surface area contributed by atoms with Gasteiger partial charge in [-0.2, -0.15) is 0 Å². The van der Waals surface area contributed by atoms with Crippen molar-refractivity contribution in [2.75, 3.05) is 13.1 Å². The Balaban J connectivity index is 1.33. The molecule has 0 saturated carbocycles. The molecule has 2 aliphatic heterocycles. The third kappa shape index (κ3) is 3.40. The average molecular weight is 399 g/mol. The Morgan fingerprint density at radius 3 is 2.96 bits per heavy atom. The van der Waals surface area contributed by atoms with E-state index >= 15 is 0 Å². The lowest BCUT2D eigenvalue weighted by Crippen LogP contribution is -2.39. The monoisotopic (exact) mass is 398 g/mol. The summed E-state index contributed by atoms with van der Waals surface area (Å²) in [7, 11) is 0. The number of rotatable bonds is 2. The largest absolute Gasteiger partial charge is 0.337 e. The number of carbonyl (C=O) groups is 1. The Morgan fingerprint density at radius 1 is 1.11 bits per heavy atom. The maximum absolute atomic E-state index is 13.3. The Morgan fingerprint density at radius 2 is 2.04 bits per heavy atom. The second kappa shape index (κ2) is 7.62. The molecule has 1 amide bonds. The van der Waals surface area contributed by atoms with E-state index in [1.165, 1.54) is 36.1 Å². The van der Waals surface area contributed by atoms with Gasteiger partial charge in [-0.25, -0.2) is 0 Å². The molecule has 0 spiro atoms. The van der Waals surface area contributed by atoms with Crippen molar-refractivity contribution in [2.45, 2.75) is 77.2 Å². The van der Waals surface area contributed by atoms with Crippen LogP contribution in [0.3, 0.4) is 0 Å². The minimum Gasteiger partial charge on any atom is -0.337 e. The average Bonchev–Trinajstić information content (AvgIpc) is 3.24. The quantitative estimate of drug-likeness (QED) is 0.761. The highest BCUT2D eigenvalue weighted by atomic mass is 32.1. The number of nitrogens with zero attached hydrogens (tertiary/aromatic N) is 4.